The van der Waals surface area contributed by atoms with Gasteiger partial charge in [0.25, 0.3) is 0 Å². The fraction of sp³-hybridized carbons (Fsp3) is 0.923. The molecule has 4 heteroatoms. The summed E-state index contributed by atoms with van der Waals surface area (Å²) in [5, 5.41) is 13.0. The van der Waals surface area contributed by atoms with Gasteiger partial charge in [-0.3, -0.25) is 10.1 Å². The van der Waals surface area contributed by atoms with Gasteiger partial charge in [-0.1, -0.05) is 20.8 Å². The smallest absolute Gasteiger partial charge is 0.321 e. The number of rotatable bonds is 1. The van der Waals surface area contributed by atoms with Crippen LogP contribution in [0.2, 0.25) is 0 Å². The van der Waals surface area contributed by atoms with Crippen LogP contribution >= 0.6 is 11.8 Å². The van der Waals surface area contributed by atoms with Gasteiger partial charge < -0.3 is 5.11 Å². The van der Waals surface area contributed by atoms with Gasteiger partial charge in [0.05, 0.1) is 0 Å². The van der Waals surface area contributed by atoms with E-state index in [1.807, 2.05) is 11.8 Å². The number of carboxylic acid groups (broad SMARTS) is 1. The normalized spacial score (nSPS) is 38.5. The molecule has 98 valence electrons. The molecule has 1 heterocycles. The second-order valence-corrected chi connectivity index (χ2v) is 7.68. The third-order valence-electron chi connectivity index (χ3n) is 4.21. The molecule has 0 aromatic carbocycles. The average molecular weight is 257 g/mol. The minimum atomic E-state index is -0.700. The summed E-state index contributed by atoms with van der Waals surface area (Å²) >= 11 is 1.86. The van der Waals surface area contributed by atoms with E-state index in [-0.39, 0.29) is 6.04 Å². The fourth-order valence-corrected chi connectivity index (χ4v) is 4.45. The summed E-state index contributed by atoms with van der Waals surface area (Å²) in [5.41, 5.74) is 0.384. The maximum atomic E-state index is 11.0. The second kappa shape index (κ2) is 4.81. The van der Waals surface area contributed by atoms with Gasteiger partial charge in [0.15, 0.2) is 0 Å². The number of carbonyl (C=O) groups is 1. The van der Waals surface area contributed by atoms with Crippen molar-refractivity contribution in [2.75, 3.05) is 5.75 Å². The molecule has 2 fully saturated rings. The lowest BCUT2D eigenvalue weighted by atomic mass is 9.71. The summed E-state index contributed by atoms with van der Waals surface area (Å²) in [7, 11) is 0. The van der Waals surface area contributed by atoms with E-state index in [1.165, 1.54) is 12.8 Å². The largest absolute Gasteiger partial charge is 0.480 e. The highest BCUT2D eigenvalue weighted by Crippen LogP contribution is 2.43. The maximum Gasteiger partial charge on any atom is 0.321 e. The molecular weight excluding hydrogens is 234 g/mol. The topological polar surface area (TPSA) is 49.3 Å². The molecule has 0 spiro atoms. The van der Waals surface area contributed by atoms with E-state index >= 15 is 0 Å². The Balaban J connectivity index is 1.95. The number of hydrogen-bond acceptors (Lipinski definition) is 3. The molecule has 2 aliphatic rings. The Labute approximate surface area is 108 Å². The standard InChI is InChI=1S/C13H23NO2S/c1-13(2,3)8-4-5-9-11(6-8)17-7-10(14-9)12(15)16/h8-11,14H,4-7H2,1-3H3,(H,15,16). The molecule has 2 N–H and O–H groups in total. The minimum Gasteiger partial charge on any atom is -0.480 e. The van der Waals surface area contributed by atoms with Crippen LogP contribution in [0, 0.1) is 11.3 Å². The van der Waals surface area contributed by atoms with E-state index < -0.39 is 5.97 Å². The van der Waals surface area contributed by atoms with Gasteiger partial charge in [-0.15, -0.1) is 0 Å². The van der Waals surface area contributed by atoms with Gasteiger partial charge in [-0.05, 0) is 30.6 Å². The van der Waals surface area contributed by atoms with Gasteiger partial charge >= 0.3 is 5.97 Å². The van der Waals surface area contributed by atoms with E-state index in [2.05, 4.69) is 26.1 Å². The summed E-state index contributed by atoms with van der Waals surface area (Å²) in [6, 6.07) is 0.0703. The van der Waals surface area contributed by atoms with Crippen LogP contribution in [0.25, 0.3) is 0 Å². The third-order valence-corrected chi connectivity index (χ3v) is 5.68. The highest BCUT2D eigenvalue weighted by atomic mass is 32.2. The lowest BCUT2D eigenvalue weighted by Crippen LogP contribution is -2.56. The molecule has 0 aromatic heterocycles. The van der Waals surface area contributed by atoms with Crippen molar-refractivity contribution in [1.82, 2.24) is 5.32 Å². The molecule has 1 aliphatic carbocycles. The van der Waals surface area contributed by atoms with Gasteiger partial charge in [0, 0.05) is 17.0 Å². The Morgan fingerprint density at radius 3 is 2.65 bits per heavy atom. The van der Waals surface area contributed by atoms with E-state index in [9.17, 15) is 4.79 Å². The molecule has 4 atom stereocenters. The van der Waals surface area contributed by atoms with Crippen molar-refractivity contribution >= 4 is 17.7 Å². The summed E-state index contributed by atoms with van der Waals surface area (Å²) in [6.07, 6.45) is 3.59. The fourth-order valence-electron chi connectivity index (χ4n) is 2.96. The van der Waals surface area contributed by atoms with Gasteiger partial charge in [0.1, 0.15) is 6.04 Å². The Hall–Kier alpha value is -0.220. The first-order chi connectivity index (χ1) is 7.88. The molecule has 2 rings (SSSR count). The molecule has 0 amide bonds. The van der Waals surface area contributed by atoms with Gasteiger partial charge in [0.2, 0.25) is 0 Å². The Bertz CT molecular complexity index is 300. The lowest BCUT2D eigenvalue weighted by Gasteiger charge is -2.45. The summed E-state index contributed by atoms with van der Waals surface area (Å²) < 4.78 is 0. The van der Waals surface area contributed by atoms with Crippen LogP contribution in [0.5, 0.6) is 0 Å². The van der Waals surface area contributed by atoms with E-state index in [0.717, 1.165) is 12.3 Å². The first kappa shape index (κ1) is 13.2. The van der Waals surface area contributed by atoms with Crippen LogP contribution in [-0.4, -0.2) is 34.2 Å². The predicted octanol–water partition coefficient (Wildman–Crippen LogP) is 2.36. The molecule has 17 heavy (non-hydrogen) atoms. The summed E-state index contributed by atoms with van der Waals surface area (Å²) in [6.45, 7) is 6.96. The van der Waals surface area contributed by atoms with Crippen LogP contribution in [0.15, 0.2) is 0 Å². The number of fused-ring (bicyclic) bond motifs is 1. The van der Waals surface area contributed by atoms with Crippen LogP contribution in [0.4, 0.5) is 0 Å². The monoisotopic (exact) mass is 257 g/mol. The predicted molar refractivity (Wildman–Crippen MR) is 71.4 cm³/mol. The molecule has 0 aromatic rings. The molecular formula is C13H23NO2S. The zero-order chi connectivity index (χ0) is 12.6. The number of aliphatic carboxylic acids is 1. The van der Waals surface area contributed by atoms with Crippen molar-refractivity contribution < 1.29 is 9.90 Å². The first-order valence-corrected chi connectivity index (χ1v) is 7.53. The van der Waals surface area contributed by atoms with Crippen LogP contribution in [0.3, 0.4) is 0 Å². The van der Waals surface area contributed by atoms with Crippen LogP contribution in [-0.2, 0) is 4.79 Å². The van der Waals surface area contributed by atoms with Crippen molar-refractivity contribution in [3.63, 3.8) is 0 Å². The molecule has 1 aliphatic heterocycles. The highest BCUT2D eigenvalue weighted by Gasteiger charge is 2.40. The van der Waals surface area contributed by atoms with Crippen LogP contribution in [0.1, 0.15) is 40.0 Å². The Morgan fingerprint density at radius 2 is 2.06 bits per heavy atom. The van der Waals surface area contributed by atoms with Crippen molar-refractivity contribution in [1.29, 1.82) is 0 Å². The quantitative estimate of drug-likeness (QED) is 0.757. The molecule has 0 radical (unpaired) electrons. The Morgan fingerprint density at radius 1 is 1.35 bits per heavy atom. The molecule has 0 bridgehead atoms. The molecule has 1 saturated carbocycles. The lowest BCUT2D eigenvalue weighted by molar-refractivity contribution is -0.139. The third kappa shape index (κ3) is 2.97. The average Bonchev–Trinajstić information content (AvgIpc) is 2.26. The highest BCUT2D eigenvalue weighted by molar-refractivity contribution is 8.00. The van der Waals surface area contributed by atoms with Crippen molar-refractivity contribution in [3.8, 4) is 0 Å². The minimum absolute atomic E-state index is 0.340. The van der Waals surface area contributed by atoms with Gasteiger partial charge in [-0.2, -0.15) is 11.8 Å². The number of thioether (sulfide) groups is 1. The first-order valence-electron chi connectivity index (χ1n) is 6.48. The number of carboxylic acids is 1. The van der Waals surface area contributed by atoms with Crippen LogP contribution < -0.4 is 5.32 Å². The van der Waals surface area contributed by atoms with E-state index in [4.69, 9.17) is 5.11 Å². The van der Waals surface area contributed by atoms with Gasteiger partial charge in [-0.25, -0.2) is 0 Å². The summed E-state index contributed by atoms with van der Waals surface area (Å²) in [5.74, 6) is 0.793. The van der Waals surface area contributed by atoms with Crippen molar-refractivity contribution in [2.45, 2.75) is 57.4 Å². The zero-order valence-corrected chi connectivity index (χ0v) is 11.7. The van der Waals surface area contributed by atoms with Crippen molar-refractivity contribution in [3.05, 3.63) is 0 Å². The van der Waals surface area contributed by atoms with Crippen molar-refractivity contribution in [2.24, 2.45) is 11.3 Å². The summed E-state index contributed by atoms with van der Waals surface area (Å²) in [4.78, 5) is 11.0. The zero-order valence-electron chi connectivity index (χ0n) is 10.9. The van der Waals surface area contributed by atoms with E-state index in [0.29, 0.717) is 22.5 Å². The molecule has 3 nitrogen and oxygen atoms in total. The maximum absolute atomic E-state index is 11.0. The van der Waals surface area contributed by atoms with E-state index in [1.54, 1.807) is 0 Å². The molecule has 1 saturated heterocycles. The number of nitrogens with one attached hydrogen (secondary N) is 1. The second-order valence-electron chi connectivity index (χ2n) is 6.41. The Kier molecular flexibility index (Phi) is 3.74. The number of hydrogen-bond donors (Lipinski definition) is 2. The molecule has 4 unspecified atom stereocenters. The SMILES string of the molecule is CC(C)(C)C1CCC2NC(C(=O)O)CSC2C1.